The van der Waals surface area contributed by atoms with Crippen molar-refractivity contribution in [3.05, 3.63) is 59.7 Å². The third-order valence-electron chi connectivity index (χ3n) is 5.80. The van der Waals surface area contributed by atoms with Crippen molar-refractivity contribution in [3.63, 3.8) is 0 Å². The summed E-state index contributed by atoms with van der Waals surface area (Å²) in [7, 11) is 0.756. The lowest BCUT2D eigenvalue weighted by Crippen LogP contribution is -2.30. The standard InChI is InChI=1S/C24H28N2O4S/c1-26(24(28)18-9-10-18)22-8-3-2-7-21(22)23(27)25-19-6-4-5-17(15-19)16-31(29)20-11-13-30-14-12-20/h2-8,15,18,20H,9-14,16H2,1H3,(H,25,27). The molecule has 2 aliphatic rings. The van der Waals surface area contributed by atoms with Gasteiger partial charge in [-0.1, -0.05) is 24.3 Å². The highest BCUT2D eigenvalue weighted by molar-refractivity contribution is 7.84. The molecule has 0 spiro atoms. The number of amides is 2. The summed E-state index contributed by atoms with van der Waals surface area (Å²) < 4.78 is 18.1. The quantitative estimate of drug-likeness (QED) is 0.712. The number of benzene rings is 2. The molecule has 1 heterocycles. The second kappa shape index (κ2) is 9.75. The van der Waals surface area contributed by atoms with Gasteiger partial charge in [0.15, 0.2) is 0 Å². The van der Waals surface area contributed by atoms with Gasteiger partial charge in [0.25, 0.3) is 5.91 Å². The second-order valence-corrected chi connectivity index (χ2v) is 9.90. The molecule has 1 unspecified atom stereocenters. The molecule has 2 aromatic rings. The maximum Gasteiger partial charge on any atom is 0.257 e. The molecule has 0 bridgehead atoms. The van der Waals surface area contributed by atoms with Gasteiger partial charge in [-0.2, -0.15) is 0 Å². The predicted octanol–water partition coefficient (Wildman–Crippen LogP) is 3.74. The molecule has 1 aliphatic carbocycles. The highest BCUT2D eigenvalue weighted by Crippen LogP contribution is 2.33. The molecule has 1 atom stereocenters. The Hall–Kier alpha value is -2.51. The summed E-state index contributed by atoms with van der Waals surface area (Å²) in [6.45, 7) is 1.34. The molecule has 0 radical (unpaired) electrons. The lowest BCUT2D eigenvalue weighted by Gasteiger charge is -2.21. The van der Waals surface area contributed by atoms with Crippen molar-refractivity contribution in [3.8, 4) is 0 Å². The highest BCUT2D eigenvalue weighted by atomic mass is 32.2. The lowest BCUT2D eigenvalue weighted by atomic mass is 10.1. The monoisotopic (exact) mass is 440 g/mol. The first kappa shape index (κ1) is 21.7. The van der Waals surface area contributed by atoms with Crippen LogP contribution in [0, 0.1) is 5.92 Å². The summed E-state index contributed by atoms with van der Waals surface area (Å²) in [6.07, 6.45) is 3.49. The average molecular weight is 441 g/mol. The zero-order valence-electron chi connectivity index (χ0n) is 17.7. The molecular formula is C24H28N2O4S. The molecule has 0 aromatic heterocycles. The molecular weight excluding hydrogens is 412 g/mol. The van der Waals surface area contributed by atoms with Crippen LogP contribution in [0.3, 0.4) is 0 Å². The number of nitrogens with one attached hydrogen (secondary N) is 1. The molecule has 31 heavy (non-hydrogen) atoms. The molecule has 4 rings (SSSR count). The molecule has 1 saturated heterocycles. The Kier molecular flexibility index (Phi) is 6.83. The van der Waals surface area contributed by atoms with E-state index in [2.05, 4.69) is 5.32 Å². The normalized spacial score (nSPS) is 17.7. The Morgan fingerprint density at radius 2 is 1.81 bits per heavy atom. The molecule has 6 nitrogen and oxygen atoms in total. The number of hydrogen-bond donors (Lipinski definition) is 1. The fraction of sp³-hybridized carbons (Fsp3) is 0.417. The Labute approximate surface area is 185 Å². The smallest absolute Gasteiger partial charge is 0.257 e. The summed E-state index contributed by atoms with van der Waals surface area (Å²) in [5.74, 6) is 0.324. The molecule has 7 heteroatoms. The SMILES string of the molecule is CN(C(=O)C1CC1)c1ccccc1C(=O)Nc1cccc(CS(=O)C2CCOCC2)c1. The molecule has 1 aliphatic heterocycles. The van der Waals surface area contributed by atoms with E-state index >= 15 is 0 Å². The van der Waals surface area contributed by atoms with E-state index in [1.807, 2.05) is 30.3 Å². The Balaban J connectivity index is 1.45. The largest absolute Gasteiger partial charge is 0.381 e. The summed E-state index contributed by atoms with van der Waals surface area (Å²) in [6, 6.07) is 14.6. The van der Waals surface area contributed by atoms with E-state index in [0.717, 1.165) is 31.2 Å². The average Bonchev–Trinajstić information content (AvgIpc) is 3.64. The van der Waals surface area contributed by atoms with Crippen LogP contribution < -0.4 is 10.2 Å². The number of ether oxygens (including phenoxy) is 1. The van der Waals surface area contributed by atoms with Crippen LogP contribution in [0.1, 0.15) is 41.6 Å². The first-order chi connectivity index (χ1) is 15.0. The van der Waals surface area contributed by atoms with Crippen molar-refractivity contribution in [2.24, 2.45) is 5.92 Å². The Bertz CT molecular complexity index is 983. The summed E-state index contributed by atoms with van der Waals surface area (Å²) in [4.78, 5) is 27.1. The van der Waals surface area contributed by atoms with Crippen LogP contribution in [0.4, 0.5) is 11.4 Å². The predicted molar refractivity (Wildman–Crippen MR) is 123 cm³/mol. The molecule has 2 fully saturated rings. The van der Waals surface area contributed by atoms with Crippen LogP contribution in [0.5, 0.6) is 0 Å². The van der Waals surface area contributed by atoms with Gasteiger partial charge in [-0.15, -0.1) is 0 Å². The number of carbonyl (C=O) groups excluding carboxylic acids is 2. The van der Waals surface area contributed by atoms with E-state index in [9.17, 15) is 13.8 Å². The molecule has 164 valence electrons. The van der Waals surface area contributed by atoms with Gasteiger partial charge in [-0.05, 0) is 55.5 Å². The van der Waals surface area contributed by atoms with Gasteiger partial charge in [0, 0.05) is 53.7 Å². The van der Waals surface area contributed by atoms with E-state index in [1.165, 1.54) is 0 Å². The van der Waals surface area contributed by atoms with Crippen LogP contribution in [0.2, 0.25) is 0 Å². The fourth-order valence-corrected chi connectivity index (χ4v) is 5.30. The van der Waals surface area contributed by atoms with Gasteiger partial charge >= 0.3 is 0 Å². The van der Waals surface area contributed by atoms with Crippen molar-refractivity contribution in [1.82, 2.24) is 0 Å². The van der Waals surface area contributed by atoms with E-state index < -0.39 is 10.8 Å². The van der Waals surface area contributed by atoms with Gasteiger partial charge in [0.2, 0.25) is 5.91 Å². The minimum atomic E-state index is -0.965. The van der Waals surface area contributed by atoms with Crippen LogP contribution in [0.25, 0.3) is 0 Å². The van der Waals surface area contributed by atoms with E-state index in [4.69, 9.17) is 4.74 Å². The Morgan fingerprint density at radius 1 is 1.06 bits per heavy atom. The van der Waals surface area contributed by atoms with E-state index in [-0.39, 0.29) is 23.0 Å². The maximum absolute atomic E-state index is 13.0. The maximum atomic E-state index is 13.0. The molecule has 1 N–H and O–H groups in total. The fourth-order valence-electron chi connectivity index (χ4n) is 3.84. The van der Waals surface area contributed by atoms with Crippen LogP contribution in [-0.2, 0) is 26.1 Å². The summed E-state index contributed by atoms with van der Waals surface area (Å²) in [5.41, 5.74) is 2.64. The minimum absolute atomic E-state index is 0.0536. The molecule has 2 aromatic carbocycles. The van der Waals surface area contributed by atoms with Gasteiger partial charge in [0.05, 0.1) is 11.3 Å². The van der Waals surface area contributed by atoms with Gasteiger partial charge in [0.1, 0.15) is 0 Å². The van der Waals surface area contributed by atoms with Crippen molar-refractivity contribution >= 4 is 34.0 Å². The van der Waals surface area contributed by atoms with Crippen molar-refractivity contribution in [1.29, 1.82) is 0 Å². The second-order valence-electron chi connectivity index (χ2n) is 8.18. The zero-order valence-corrected chi connectivity index (χ0v) is 18.5. The lowest BCUT2D eigenvalue weighted by molar-refractivity contribution is -0.119. The Morgan fingerprint density at radius 3 is 2.55 bits per heavy atom. The summed E-state index contributed by atoms with van der Waals surface area (Å²) >= 11 is 0. The number of hydrogen-bond acceptors (Lipinski definition) is 4. The zero-order chi connectivity index (χ0) is 21.8. The van der Waals surface area contributed by atoms with E-state index in [0.29, 0.717) is 35.9 Å². The van der Waals surface area contributed by atoms with E-state index in [1.54, 1.807) is 30.1 Å². The first-order valence-corrected chi connectivity index (χ1v) is 12.1. The molecule has 1 saturated carbocycles. The minimum Gasteiger partial charge on any atom is -0.381 e. The number of nitrogens with zero attached hydrogens (tertiary/aromatic N) is 1. The first-order valence-electron chi connectivity index (χ1n) is 10.7. The number of para-hydroxylation sites is 1. The van der Waals surface area contributed by atoms with Gasteiger partial charge in [-0.25, -0.2) is 0 Å². The molecule has 2 amide bonds. The summed E-state index contributed by atoms with van der Waals surface area (Å²) in [5, 5.41) is 3.10. The number of carbonyl (C=O) groups is 2. The van der Waals surface area contributed by atoms with Crippen LogP contribution in [0.15, 0.2) is 48.5 Å². The number of rotatable bonds is 7. The highest BCUT2D eigenvalue weighted by Gasteiger charge is 2.33. The topological polar surface area (TPSA) is 75.7 Å². The van der Waals surface area contributed by atoms with Crippen molar-refractivity contribution < 1.29 is 18.5 Å². The van der Waals surface area contributed by atoms with Gasteiger partial charge < -0.3 is 15.0 Å². The number of anilines is 2. The van der Waals surface area contributed by atoms with Crippen LogP contribution >= 0.6 is 0 Å². The third-order valence-corrected chi connectivity index (χ3v) is 7.63. The third kappa shape index (κ3) is 5.40. The van der Waals surface area contributed by atoms with Gasteiger partial charge in [-0.3, -0.25) is 13.8 Å². The van der Waals surface area contributed by atoms with Crippen molar-refractivity contribution in [2.75, 3.05) is 30.5 Å². The van der Waals surface area contributed by atoms with Crippen LogP contribution in [-0.4, -0.2) is 41.5 Å². The van der Waals surface area contributed by atoms with Crippen molar-refractivity contribution in [2.45, 2.75) is 36.7 Å².